The molecule has 4 rings (SSSR count). The molecule has 0 saturated heterocycles. The zero-order chi connectivity index (χ0) is 21.0. The summed E-state index contributed by atoms with van der Waals surface area (Å²) in [4.78, 5) is 44.9. The lowest BCUT2D eigenvalue weighted by atomic mass is 9.89. The van der Waals surface area contributed by atoms with Crippen LogP contribution in [0.2, 0.25) is 0 Å². The van der Waals surface area contributed by atoms with E-state index in [4.69, 9.17) is 5.11 Å². The van der Waals surface area contributed by atoms with Crippen LogP contribution in [-0.4, -0.2) is 35.7 Å². The molecule has 0 heterocycles. The number of carboxylic acid groups (broad SMARTS) is 1. The first-order valence-electron chi connectivity index (χ1n) is 9.54. The minimum Gasteiger partial charge on any atom is -0.478 e. The highest BCUT2D eigenvalue weighted by Crippen LogP contribution is 2.23. The number of methoxy groups -OCH3 is 1. The average Bonchev–Trinajstić information content (AvgIpc) is 2.73. The summed E-state index contributed by atoms with van der Waals surface area (Å²) < 4.78 is 4.63. The molecule has 0 bridgehead atoms. The minimum absolute atomic E-state index is 0.128. The molecule has 2 aliphatic rings. The predicted molar refractivity (Wildman–Crippen MR) is 106 cm³/mol. The Hall–Kier alpha value is -3.28. The van der Waals surface area contributed by atoms with E-state index in [-0.39, 0.29) is 23.1 Å². The van der Waals surface area contributed by atoms with Gasteiger partial charge in [-0.25, -0.2) is 9.59 Å². The van der Waals surface area contributed by atoms with Gasteiger partial charge in [-0.15, -0.1) is 0 Å². The number of ketones is 2. The number of hydrogen-bond acceptors (Lipinski definition) is 5. The number of aromatic carboxylic acids is 1. The van der Waals surface area contributed by atoms with Gasteiger partial charge in [0.1, 0.15) is 0 Å². The fraction of sp³-hybridized carbons (Fsp3) is 0.304. The number of benzene rings is 2. The van der Waals surface area contributed by atoms with Crippen LogP contribution >= 0.6 is 0 Å². The Kier molecular flexibility index (Phi) is 6.22. The first kappa shape index (κ1) is 20.5. The second kappa shape index (κ2) is 8.82. The van der Waals surface area contributed by atoms with Gasteiger partial charge in [0, 0.05) is 24.0 Å². The SMILES string of the molecule is COC(=O)c1ccc2c(c1)CCCC2=O.O=C(O)c1ccc2c(c1)CCCC2=O. The Morgan fingerprint density at radius 1 is 0.793 bits per heavy atom. The van der Waals surface area contributed by atoms with Crippen LogP contribution in [0.4, 0.5) is 0 Å². The summed E-state index contributed by atoms with van der Waals surface area (Å²) >= 11 is 0. The van der Waals surface area contributed by atoms with Gasteiger partial charge in [-0.05, 0) is 61.1 Å². The summed E-state index contributed by atoms with van der Waals surface area (Å²) in [6.07, 6.45) is 4.57. The van der Waals surface area contributed by atoms with Crippen molar-refractivity contribution in [2.24, 2.45) is 0 Å². The molecule has 0 radical (unpaired) electrons. The third-order valence-corrected chi connectivity index (χ3v) is 5.18. The fourth-order valence-electron chi connectivity index (χ4n) is 3.67. The molecule has 0 aromatic heterocycles. The van der Waals surface area contributed by atoms with Crippen LogP contribution in [0, 0.1) is 0 Å². The van der Waals surface area contributed by atoms with Crippen molar-refractivity contribution in [3.8, 4) is 0 Å². The molecular weight excluding hydrogens is 372 g/mol. The van der Waals surface area contributed by atoms with E-state index in [0.717, 1.165) is 42.4 Å². The quantitative estimate of drug-likeness (QED) is 0.776. The first-order chi connectivity index (χ1) is 13.9. The van der Waals surface area contributed by atoms with Gasteiger partial charge in [0.05, 0.1) is 18.2 Å². The standard InChI is InChI=1S/C12H12O3.C11H10O3/c1-15-12(14)9-5-6-10-8(7-9)3-2-4-11(10)13;12-10-3-1-2-7-6-8(11(13)14)4-5-9(7)10/h5-7H,2-4H2,1H3;4-6H,1-3H2,(H,13,14). The van der Waals surface area contributed by atoms with Crippen molar-refractivity contribution in [1.29, 1.82) is 0 Å². The lowest BCUT2D eigenvalue weighted by molar-refractivity contribution is 0.0599. The zero-order valence-corrected chi connectivity index (χ0v) is 16.2. The summed E-state index contributed by atoms with van der Waals surface area (Å²) in [6.45, 7) is 0. The topological polar surface area (TPSA) is 97.7 Å². The molecule has 2 aromatic rings. The maximum Gasteiger partial charge on any atom is 0.337 e. The molecule has 6 nitrogen and oxygen atoms in total. The van der Waals surface area contributed by atoms with Gasteiger partial charge in [0.15, 0.2) is 11.6 Å². The van der Waals surface area contributed by atoms with Crippen LogP contribution in [0.25, 0.3) is 0 Å². The number of Topliss-reactive ketones (excluding diaryl/α,β-unsaturated/α-hetero) is 2. The average molecular weight is 394 g/mol. The highest BCUT2D eigenvalue weighted by Gasteiger charge is 2.19. The Labute approximate surface area is 168 Å². The van der Waals surface area contributed by atoms with Crippen molar-refractivity contribution < 1.29 is 29.0 Å². The molecule has 0 amide bonds. The third-order valence-electron chi connectivity index (χ3n) is 5.18. The van der Waals surface area contributed by atoms with Gasteiger partial charge in [0.2, 0.25) is 0 Å². The van der Waals surface area contributed by atoms with Gasteiger partial charge in [0.25, 0.3) is 0 Å². The minimum atomic E-state index is -0.939. The molecule has 0 aliphatic heterocycles. The molecule has 0 unspecified atom stereocenters. The molecule has 2 aliphatic carbocycles. The monoisotopic (exact) mass is 394 g/mol. The van der Waals surface area contributed by atoms with E-state index >= 15 is 0 Å². The van der Waals surface area contributed by atoms with Crippen LogP contribution in [-0.2, 0) is 17.6 Å². The number of hydrogen-bond donors (Lipinski definition) is 1. The molecular formula is C23H22O6. The van der Waals surface area contributed by atoms with Crippen LogP contribution in [0.15, 0.2) is 36.4 Å². The van der Waals surface area contributed by atoms with Gasteiger partial charge in [-0.1, -0.05) is 12.1 Å². The number of ether oxygens (including phenoxy) is 1. The molecule has 2 aromatic carbocycles. The number of esters is 1. The van der Waals surface area contributed by atoms with Crippen molar-refractivity contribution in [3.63, 3.8) is 0 Å². The summed E-state index contributed by atoms with van der Waals surface area (Å²) in [5.74, 6) is -0.988. The van der Waals surface area contributed by atoms with Gasteiger partial charge < -0.3 is 9.84 Å². The number of carbonyl (C=O) groups excluding carboxylic acids is 3. The summed E-state index contributed by atoms with van der Waals surface area (Å²) in [7, 11) is 1.35. The van der Waals surface area contributed by atoms with E-state index in [2.05, 4.69) is 4.74 Å². The van der Waals surface area contributed by atoms with Gasteiger partial charge in [-0.2, -0.15) is 0 Å². The number of carboxylic acids is 1. The molecule has 0 atom stereocenters. The number of aryl methyl sites for hydroxylation is 2. The van der Waals surface area contributed by atoms with Crippen molar-refractivity contribution in [2.45, 2.75) is 38.5 Å². The third kappa shape index (κ3) is 4.59. The van der Waals surface area contributed by atoms with Crippen LogP contribution < -0.4 is 0 Å². The molecule has 6 heteroatoms. The maximum absolute atomic E-state index is 11.5. The van der Waals surface area contributed by atoms with Crippen molar-refractivity contribution in [1.82, 2.24) is 0 Å². The van der Waals surface area contributed by atoms with E-state index in [1.54, 1.807) is 30.3 Å². The Bertz CT molecular complexity index is 989. The van der Waals surface area contributed by atoms with Crippen molar-refractivity contribution >= 4 is 23.5 Å². The highest BCUT2D eigenvalue weighted by molar-refractivity contribution is 6.00. The highest BCUT2D eigenvalue weighted by atomic mass is 16.5. The Morgan fingerprint density at radius 2 is 1.28 bits per heavy atom. The number of carbonyl (C=O) groups is 4. The molecule has 0 saturated carbocycles. The van der Waals surface area contributed by atoms with Crippen LogP contribution in [0.5, 0.6) is 0 Å². The summed E-state index contributed by atoms with van der Waals surface area (Å²) in [5.41, 5.74) is 4.08. The number of rotatable bonds is 2. The first-order valence-corrected chi connectivity index (χ1v) is 9.54. The van der Waals surface area contributed by atoms with Crippen LogP contribution in [0.1, 0.15) is 78.2 Å². The van der Waals surface area contributed by atoms with Crippen LogP contribution in [0.3, 0.4) is 0 Å². The predicted octanol–water partition coefficient (Wildman–Crippen LogP) is 3.90. The Morgan fingerprint density at radius 3 is 1.76 bits per heavy atom. The van der Waals surface area contributed by atoms with E-state index in [0.29, 0.717) is 24.0 Å². The van der Waals surface area contributed by atoms with E-state index in [1.807, 2.05) is 0 Å². The summed E-state index contributed by atoms with van der Waals surface area (Å²) in [6, 6.07) is 9.86. The van der Waals surface area contributed by atoms with E-state index in [9.17, 15) is 19.2 Å². The largest absolute Gasteiger partial charge is 0.478 e. The molecule has 0 spiro atoms. The van der Waals surface area contributed by atoms with Crippen molar-refractivity contribution in [3.05, 3.63) is 69.8 Å². The Balaban J connectivity index is 0.000000166. The lowest BCUT2D eigenvalue weighted by Crippen LogP contribution is -2.12. The normalized spacial score (nSPS) is 14.8. The van der Waals surface area contributed by atoms with Crippen molar-refractivity contribution in [2.75, 3.05) is 7.11 Å². The molecule has 150 valence electrons. The smallest absolute Gasteiger partial charge is 0.337 e. The second-order valence-corrected chi connectivity index (χ2v) is 7.09. The molecule has 0 fully saturated rings. The molecule has 1 N–H and O–H groups in total. The van der Waals surface area contributed by atoms with Gasteiger partial charge in [-0.3, -0.25) is 9.59 Å². The molecule has 29 heavy (non-hydrogen) atoms. The number of fused-ring (bicyclic) bond motifs is 2. The fourth-order valence-corrected chi connectivity index (χ4v) is 3.67. The lowest BCUT2D eigenvalue weighted by Gasteiger charge is -2.14. The van der Waals surface area contributed by atoms with E-state index < -0.39 is 5.97 Å². The zero-order valence-electron chi connectivity index (χ0n) is 16.2. The maximum atomic E-state index is 11.5. The second-order valence-electron chi connectivity index (χ2n) is 7.09. The van der Waals surface area contributed by atoms with Gasteiger partial charge >= 0.3 is 11.9 Å². The summed E-state index contributed by atoms with van der Waals surface area (Å²) in [5, 5.41) is 8.77. The van der Waals surface area contributed by atoms with E-state index in [1.165, 1.54) is 13.2 Å².